The van der Waals surface area contributed by atoms with Gasteiger partial charge in [0, 0.05) is 0 Å². The third kappa shape index (κ3) is 2.48. The van der Waals surface area contributed by atoms with Crippen molar-refractivity contribution in [1.82, 2.24) is 0 Å². The minimum atomic E-state index is -4.07. The lowest BCUT2D eigenvalue weighted by Gasteiger charge is -2.00. The highest BCUT2D eigenvalue weighted by Crippen LogP contribution is 2.19. The van der Waals surface area contributed by atoms with Crippen LogP contribution in [0.25, 0.3) is 16.8 Å². The Bertz CT molecular complexity index is 637. The summed E-state index contributed by atoms with van der Waals surface area (Å²) in [5, 5.41) is 2.76. The second-order valence-electron chi connectivity index (χ2n) is 3.39. The molecular weight excluding hydrogens is 224 g/mol. The zero-order chi connectivity index (χ0) is 11.6. The van der Waals surface area contributed by atoms with Crippen LogP contribution in [0.3, 0.4) is 0 Å². The fourth-order valence-corrected chi connectivity index (χ4v) is 1.87. The third-order valence-electron chi connectivity index (χ3n) is 2.24. The molecule has 0 fully saturated rings. The zero-order valence-corrected chi connectivity index (χ0v) is 9.18. The van der Waals surface area contributed by atoms with E-state index >= 15 is 0 Å². The van der Waals surface area contributed by atoms with Gasteiger partial charge in [0.1, 0.15) is 0 Å². The SMILES string of the molecule is O=S(=O)(O)/C=C/c1cccc2ccccc12. The second-order valence-corrected chi connectivity index (χ2v) is 4.69. The molecule has 0 saturated carbocycles. The van der Waals surface area contributed by atoms with E-state index in [4.69, 9.17) is 4.55 Å². The largest absolute Gasteiger partial charge is 0.287 e. The molecule has 0 aromatic heterocycles. The minimum Gasteiger partial charge on any atom is -0.282 e. The first-order valence-electron chi connectivity index (χ1n) is 4.69. The molecule has 0 heterocycles. The maximum Gasteiger partial charge on any atom is 0.287 e. The highest BCUT2D eigenvalue weighted by molar-refractivity contribution is 7.88. The Kier molecular flexibility index (Phi) is 2.77. The number of fused-ring (bicyclic) bond motifs is 1. The van der Waals surface area contributed by atoms with E-state index in [-0.39, 0.29) is 0 Å². The molecule has 2 aromatic carbocycles. The van der Waals surface area contributed by atoms with Gasteiger partial charge in [0.2, 0.25) is 0 Å². The van der Waals surface area contributed by atoms with Crippen LogP contribution in [0.2, 0.25) is 0 Å². The van der Waals surface area contributed by atoms with Crippen molar-refractivity contribution in [3.8, 4) is 0 Å². The molecule has 0 aliphatic rings. The molecule has 0 unspecified atom stereocenters. The summed E-state index contributed by atoms with van der Waals surface area (Å²) in [6.07, 6.45) is 1.39. The van der Waals surface area contributed by atoms with Gasteiger partial charge in [-0.05, 0) is 22.4 Å². The molecule has 2 aromatic rings. The molecule has 4 heteroatoms. The van der Waals surface area contributed by atoms with Gasteiger partial charge in [-0.15, -0.1) is 0 Å². The van der Waals surface area contributed by atoms with Crippen LogP contribution in [0, 0.1) is 0 Å². The van der Waals surface area contributed by atoms with Crippen molar-refractivity contribution in [3.63, 3.8) is 0 Å². The predicted octanol–water partition coefficient (Wildman–Crippen LogP) is 2.70. The van der Waals surface area contributed by atoms with E-state index in [2.05, 4.69) is 0 Å². The van der Waals surface area contributed by atoms with Crippen molar-refractivity contribution >= 4 is 27.0 Å². The maximum absolute atomic E-state index is 10.6. The van der Waals surface area contributed by atoms with Gasteiger partial charge in [0.25, 0.3) is 10.1 Å². The van der Waals surface area contributed by atoms with Gasteiger partial charge in [-0.25, -0.2) is 0 Å². The van der Waals surface area contributed by atoms with Crippen molar-refractivity contribution in [1.29, 1.82) is 0 Å². The number of hydrogen-bond donors (Lipinski definition) is 1. The van der Waals surface area contributed by atoms with Gasteiger partial charge in [-0.1, -0.05) is 42.5 Å². The highest BCUT2D eigenvalue weighted by atomic mass is 32.2. The molecule has 0 spiro atoms. The molecule has 82 valence electrons. The maximum atomic E-state index is 10.6. The lowest BCUT2D eigenvalue weighted by Crippen LogP contribution is -1.89. The molecule has 1 N–H and O–H groups in total. The molecule has 0 radical (unpaired) electrons. The minimum absolute atomic E-state index is 0.760. The van der Waals surface area contributed by atoms with Crippen molar-refractivity contribution in [3.05, 3.63) is 53.4 Å². The van der Waals surface area contributed by atoms with Crippen LogP contribution in [-0.4, -0.2) is 13.0 Å². The lowest BCUT2D eigenvalue weighted by atomic mass is 10.1. The van der Waals surface area contributed by atoms with Crippen molar-refractivity contribution in [2.75, 3.05) is 0 Å². The Hall–Kier alpha value is -1.65. The molecule has 0 saturated heterocycles. The quantitative estimate of drug-likeness (QED) is 0.813. The summed E-state index contributed by atoms with van der Waals surface area (Å²) < 4.78 is 29.9. The van der Waals surface area contributed by atoms with Gasteiger partial charge in [-0.3, -0.25) is 4.55 Å². The van der Waals surface area contributed by atoms with Crippen molar-refractivity contribution < 1.29 is 13.0 Å². The molecule has 0 aliphatic heterocycles. The topological polar surface area (TPSA) is 54.4 Å². The van der Waals surface area contributed by atoms with Crippen molar-refractivity contribution in [2.24, 2.45) is 0 Å². The first-order valence-corrected chi connectivity index (χ1v) is 6.20. The molecule has 3 nitrogen and oxygen atoms in total. The summed E-state index contributed by atoms with van der Waals surface area (Å²) in [4.78, 5) is 0. The second kappa shape index (κ2) is 4.08. The van der Waals surface area contributed by atoms with Crippen LogP contribution in [0.1, 0.15) is 5.56 Å². The van der Waals surface area contributed by atoms with Gasteiger partial charge in [0.05, 0.1) is 5.41 Å². The molecule has 0 amide bonds. The summed E-state index contributed by atoms with van der Waals surface area (Å²) in [5.41, 5.74) is 0.760. The summed E-state index contributed by atoms with van der Waals surface area (Å²) in [7, 11) is -4.07. The van der Waals surface area contributed by atoms with E-state index in [0.717, 1.165) is 21.7 Å². The molecule has 0 atom stereocenters. The average Bonchev–Trinajstić information content (AvgIpc) is 2.25. The standard InChI is InChI=1S/C12H10O3S/c13-16(14,15)9-8-11-6-3-5-10-4-1-2-7-12(10)11/h1-9H,(H,13,14,15)/b9-8+. The van der Waals surface area contributed by atoms with Crippen LogP contribution in [-0.2, 0) is 10.1 Å². The van der Waals surface area contributed by atoms with Gasteiger partial charge < -0.3 is 0 Å². The average molecular weight is 234 g/mol. The lowest BCUT2D eigenvalue weighted by molar-refractivity contribution is 0.494. The van der Waals surface area contributed by atoms with E-state index in [1.807, 2.05) is 36.4 Å². The van der Waals surface area contributed by atoms with E-state index in [9.17, 15) is 8.42 Å². The summed E-state index contributed by atoms with van der Waals surface area (Å²) in [6.45, 7) is 0. The van der Waals surface area contributed by atoms with Crippen LogP contribution in [0.5, 0.6) is 0 Å². The number of hydrogen-bond acceptors (Lipinski definition) is 2. The van der Waals surface area contributed by atoms with Crippen LogP contribution in [0.15, 0.2) is 47.9 Å². The summed E-state index contributed by atoms with van der Waals surface area (Å²) >= 11 is 0. The van der Waals surface area contributed by atoms with E-state index in [1.165, 1.54) is 6.08 Å². The van der Waals surface area contributed by atoms with Gasteiger partial charge in [-0.2, -0.15) is 8.42 Å². The van der Waals surface area contributed by atoms with Gasteiger partial charge in [0.15, 0.2) is 0 Å². The predicted molar refractivity (Wildman–Crippen MR) is 64.5 cm³/mol. The molecule has 2 rings (SSSR count). The summed E-state index contributed by atoms with van der Waals surface area (Å²) in [6, 6.07) is 13.2. The Morgan fingerprint density at radius 1 is 1.00 bits per heavy atom. The van der Waals surface area contributed by atoms with Gasteiger partial charge >= 0.3 is 0 Å². The molecule has 16 heavy (non-hydrogen) atoms. The van der Waals surface area contributed by atoms with Crippen LogP contribution >= 0.6 is 0 Å². The summed E-state index contributed by atoms with van der Waals surface area (Å²) in [5.74, 6) is 0. The van der Waals surface area contributed by atoms with E-state index in [0.29, 0.717) is 0 Å². The third-order valence-corrected chi connectivity index (χ3v) is 2.72. The smallest absolute Gasteiger partial charge is 0.282 e. The van der Waals surface area contributed by atoms with E-state index in [1.54, 1.807) is 6.07 Å². The Labute approximate surface area is 93.8 Å². The highest BCUT2D eigenvalue weighted by Gasteiger charge is 1.99. The fraction of sp³-hybridized carbons (Fsp3) is 0. The Morgan fingerprint density at radius 3 is 2.44 bits per heavy atom. The van der Waals surface area contributed by atoms with Crippen LogP contribution < -0.4 is 0 Å². The fourth-order valence-electron chi connectivity index (χ4n) is 1.56. The number of benzene rings is 2. The Balaban J connectivity index is 2.57. The van der Waals surface area contributed by atoms with Crippen LogP contribution in [0.4, 0.5) is 0 Å². The zero-order valence-electron chi connectivity index (χ0n) is 8.37. The molecule has 0 aliphatic carbocycles. The molecule has 0 bridgehead atoms. The monoisotopic (exact) mass is 234 g/mol. The normalized spacial score (nSPS) is 12.3. The molecular formula is C12H10O3S. The van der Waals surface area contributed by atoms with Crippen molar-refractivity contribution in [2.45, 2.75) is 0 Å². The first-order chi connectivity index (χ1) is 7.56. The number of rotatable bonds is 2. The van der Waals surface area contributed by atoms with E-state index < -0.39 is 10.1 Å². The Morgan fingerprint density at radius 2 is 1.69 bits per heavy atom. The first kappa shape index (κ1) is 10.9.